The first kappa shape index (κ1) is 18.3. The third kappa shape index (κ3) is 3.18. The first-order chi connectivity index (χ1) is 11.8. The Hall–Kier alpha value is -1.50. The van der Waals surface area contributed by atoms with Crippen LogP contribution in [-0.4, -0.2) is 17.0 Å². The van der Waals surface area contributed by atoms with E-state index in [0.29, 0.717) is 11.8 Å². The molecule has 2 aliphatic rings. The molecule has 0 radical (unpaired) electrons. The van der Waals surface area contributed by atoms with Crippen LogP contribution in [0, 0.1) is 11.8 Å². The van der Waals surface area contributed by atoms with E-state index in [1.54, 1.807) is 11.3 Å². The highest BCUT2D eigenvalue weighted by molar-refractivity contribution is 5.36. The molecule has 1 aromatic carbocycles. The fourth-order valence-corrected chi connectivity index (χ4v) is 5.33. The summed E-state index contributed by atoms with van der Waals surface area (Å²) < 4.78 is 0. The van der Waals surface area contributed by atoms with Crippen molar-refractivity contribution >= 4 is 0 Å². The lowest BCUT2D eigenvalue weighted by molar-refractivity contribution is 0.186. The molecule has 1 aliphatic heterocycles. The number of nitrogens with zero attached hydrogens (tertiary/aromatic N) is 1. The largest absolute Gasteiger partial charge is 0.368 e. The quantitative estimate of drug-likeness (QED) is 0.621. The smallest absolute Gasteiger partial charge is 0.0352 e. The van der Waals surface area contributed by atoms with E-state index in [-0.39, 0.29) is 11.0 Å². The van der Waals surface area contributed by atoms with E-state index in [2.05, 4.69) is 88.9 Å². The summed E-state index contributed by atoms with van der Waals surface area (Å²) >= 11 is 0. The van der Waals surface area contributed by atoms with Gasteiger partial charge in [-0.2, -0.15) is 0 Å². The molecule has 1 heterocycles. The van der Waals surface area contributed by atoms with E-state index < -0.39 is 0 Å². The Balaban J connectivity index is 2.04. The number of benzene rings is 1. The molecule has 0 bridgehead atoms. The Morgan fingerprint density at radius 3 is 2.36 bits per heavy atom. The second-order valence-corrected chi connectivity index (χ2v) is 9.00. The Morgan fingerprint density at radius 1 is 1.08 bits per heavy atom. The van der Waals surface area contributed by atoms with Crippen molar-refractivity contribution in [2.75, 3.05) is 6.54 Å². The minimum absolute atomic E-state index is 0.193. The Labute approximate surface area is 154 Å². The molecular weight excluding hydrogens is 302 g/mol. The standard InChI is InChI=1S/C24H35N/c1-7-19-15-14-18(3)21(8-2)22(19)25-17-24(6,16-23(25,4)5)20-12-10-9-11-13-20/h9-15,18,21H,7-8,16-17H2,1-6H3. The predicted octanol–water partition coefficient (Wildman–Crippen LogP) is 6.32. The van der Waals surface area contributed by atoms with E-state index in [1.807, 2.05) is 0 Å². The SMILES string of the molecule is CCC1=C(N2CC(C)(c3ccccc3)CC2(C)C)C(CC)C(C)C=C1. The molecule has 0 saturated carbocycles. The van der Waals surface area contributed by atoms with Gasteiger partial charge in [0.25, 0.3) is 0 Å². The summed E-state index contributed by atoms with van der Waals surface area (Å²) in [7, 11) is 0. The summed E-state index contributed by atoms with van der Waals surface area (Å²) in [5.41, 5.74) is 5.08. The first-order valence-corrected chi connectivity index (χ1v) is 10.1. The summed E-state index contributed by atoms with van der Waals surface area (Å²) in [6.07, 6.45) is 8.39. The molecule has 136 valence electrons. The van der Waals surface area contributed by atoms with Gasteiger partial charge in [-0.3, -0.25) is 0 Å². The fourth-order valence-electron chi connectivity index (χ4n) is 5.33. The molecule has 25 heavy (non-hydrogen) atoms. The van der Waals surface area contributed by atoms with Crippen molar-refractivity contribution in [2.45, 2.75) is 71.8 Å². The van der Waals surface area contributed by atoms with Crippen LogP contribution in [0.5, 0.6) is 0 Å². The lowest BCUT2D eigenvalue weighted by atomic mass is 9.78. The van der Waals surface area contributed by atoms with Gasteiger partial charge in [0.2, 0.25) is 0 Å². The third-order valence-corrected chi connectivity index (χ3v) is 6.56. The average Bonchev–Trinajstić information content (AvgIpc) is 2.85. The van der Waals surface area contributed by atoms with E-state index in [1.165, 1.54) is 18.4 Å². The Morgan fingerprint density at radius 2 is 1.76 bits per heavy atom. The Bertz CT molecular complexity index is 667. The molecule has 1 aliphatic carbocycles. The molecule has 1 heteroatoms. The summed E-state index contributed by atoms with van der Waals surface area (Å²) in [6.45, 7) is 15.5. The van der Waals surface area contributed by atoms with Crippen molar-refractivity contribution in [3.63, 3.8) is 0 Å². The fraction of sp³-hybridized carbons (Fsp3) is 0.583. The summed E-state index contributed by atoms with van der Waals surface area (Å²) in [5, 5.41) is 0. The molecule has 3 rings (SSSR count). The molecule has 1 saturated heterocycles. The van der Waals surface area contributed by atoms with Gasteiger partial charge in [0.05, 0.1) is 0 Å². The van der Waals surface area contributed by atoms with E-state index in [9.17, 15) is 0 Å². The van der Waals surface area contributed by atoms with Crippen LogP contribution >= 0.6 is 0 Å². The maximum Gasteiger partial charge on any atom is 0.0352 e. The van der Waals surface area contributed by atoms with E-state index in [4.69, 9.17) is 0 Å². The topological polar surface area (TPSA) is 3.24 Å². The second kappa shape index (κ2) is 6.67. The Kier molecular flexibility index (Phi) is 4.88. The van der Waals surface area contributed by atoms with Gasteiger partial charge in [-0.05, 0) is 50.2 Å². The summed E-state index contributed by atoms with van der Waals surface area (Å²) in [4.78, 5) is 2.77. The first-order valence-electron chi connectivity index (χ1n) is 10.1. The van der Waals surface area contributed by atoms with Crippen molar-refractivity contribution in [3.05, 3.63) is 59.3 Å². The maximum absolute atomic E-state index is 2.77. The van der Waals surface area contributed by atoms with E-state index >= 15 is 0 Å². The van der Waals surface area contributed by atoms with Crippen LogP contribution in [0.15, 0.2) is 53.8 Å². The zero-order valence-electron chi connectivity index (χ0n) is 17.0. The molecule has 0 amide bonds. The lowest BCUT2D eigenvalue weighted by Gasteiger charge is -2.43. The number of hydrogen-bond acceptors (Lipinski definition) is 1. The lowest BCUT2D eigenvalue weighted by Crippen LogP contribution is -2.42. The molecular formula is C24H35N. The number of hydrogen-bond donors (Lipinski definition) is 0. The van der Waals surface area contributed by atoms with Crippen LogP contribution in [-0.2, 0) is 5.41 Å². The maximum atomic E-state index is 2.77. The van der Waals surface area contributed by atoms with Crippen molar-refractivity contribution in [1.82, 2.24) is 4.90 Å². The van der Waals surface area contributed by atoms with Crippen LogP contribution in [0.3, 0.4) is 0 Å². The molecule has 1 nitrogen and oxygen atoms in total. The van der Waals surface area contributed by atoms with Crippen LogP contribution < -0.4 is 0 Å². The van der Waals surface area contributed by atoms with Gasteiger partial charge in [0, 0.05) is 29.1 Å². The number of allylic oxidation sites excluding steroid dienone is 4. The molecule has 0 spiro atoms. The number of likely N-dealkylation sites (tertiary alicyclic amines) is 1. The molecule has 1 aromatic rings. The highest BCUT2D eigenvalue weighted by Crippen LogP contribution is 2.49. The van der Waals surface area contributed by atoms with Gasteiger partial charge >= 0.3 is 0 Å². The van der Waals surface area contributed by atoms with E-state index in [0.717, 1.165) is 13.0 Å². The van der Waals surface area contributed by atoms with Crippen LogP contribution in [0.1, 0.15) is 66.4 Å². The molecule has 0 N–H and O–H groups in total. The average molecular weight is 338 g/mol. The second-order valence-electron chi connectivity index (χ2n) is 9.00. The van der Waals surface area contributed by atoms with Crippen LogP contribution in [0.2, 0.25) is 0 Å². The highest BCUT2D eigenvalue weighted by atomic mass is 15.2. The van der Waals surface area contributed by atoms with Gasteiger partial charge in [0.1, 0.15) is 0 Å². The minimum Gasteiger partial charge on any atom is -0.368 e. The van der Waals surface area contributed by atoms with Gasteiger partial charge in [-0.15, -0.1) is 0 Å². The molecule has 3 atom stereocenters. The zero-order chi connectivity index (χ0) is 18.2. The molecule has 1 fully saturated rings. The van der Waals surface area contributed by atoms with Gasteiger partial charge < -0.3 is 4.90 Å². The molecule has 3 unspecified atom stereocenters. The monoisotopic (exact) mass is 337 g/mol. The predicted molar refractivity (Wildman–Crippen MR) is 109 cm³/mol. The van der Waals surface area contributed by atoms with Crippen molar-refractivity contribution in [1.29, 1.82) is 0 Å². The van der Waals surface area contributed by atoms with Crippen molar-refractivity contribution < 1.29 is 0 Å². The summed E-state index contributed by atoms with van der Waals surface area (Å²) in [5.74, 6) is 1.28. The summed E-state index contributed by atoms with van der Waals surface area (Å²) in [6, 6.07) is 11.1. The van der Waals surface area contributed by atoms with Gasteiger partial charge in [0.15, 0.2) is 0 Å². The highest BCUT2D eigenvalue weighted by Gasteiger charge is 2.48. The van der Waals surface area contributed by atoms with Crippen LogP contribution in [0.4, 0.5) is 0 Å². The van der Waals surface area contributed by atoms with Crippen molar-refractivity contribution in [2.24, 2.45) is 11.8 Å². The van der Waals surface area contributed by atoms with Gasteiger partial charge in [-0.1, -0.05) is 70.2 Å². The number of rotatable bonds is 4. The van der Waals surface area contributed by atoms with Crippen LogP contribution in [0.25, 0.3) is 0 Å². The zero-order valence-corrected chi connectivity index (χ0v) is 17.0. The van der Waals surface area contributed by atoms with Gasteiger partial charge in [-0.25, -0.2) is 0 Å². The normalized spacial score (nSPS) is 31.7. The minimum atomic E-state index is 0.193. The van der Waals surface area contributed by atoms with Crippen molar-refractivity contribution in [3.8, 4) is 0 Å². The molecule has 0 aromatic heterocycles. The third-order valence-electron chi connectivity index (χ3n) is 6.56.